The molecule has 0 saturated carbocycles. The molecule has 0 fully saturated rings. The van der Waals surface area contributed by atoms with E-state index in [1.165, 1.54) is 96.3 Å². The van der Waals surface area contributed by atoms with Crippen LogP contribution in [0, 0.1) is 0 Å². The summed E-state index contributed by atoms with van der Waals surface area (Å²) in [5.74, 6) is 0. The summed E-state index contributed by atoms with van der Waals surface area (Å²) >= 11 is 0. The monoisotopic (exact) mass is 381 g/mol. The Bertz CT molecular complexity index is 123. The van der Waals surface area contributed by atoms with E-state index < -0.39 is 0 Å². The molecule has 0 spiro atoms. The molecule has 0 bridgehead atoms. The van der Waals surface area contributed by atoms with Crippen molar-refractivity contribution in [3.05, 3.63) is 0 Å². The summed E-state index contributed by atoms with van der Waals surface area (Å²) in [6, 6.07) is 0. The Balaban J connectivity index is -0.000000130. The largest absolute Gasteiger partial charge is 0.330 e. The molecule has 0 rings (SSSR count). The molecule has 0 aliphatic carbocycles. The van der Waals surface area contributed by atoms with Crippen molar-refractivity contribution in [1.29, 1.82) is 0 Å². The first-order chi connectivity index (χ1) is 11.7. The lowest BCUT2D eigenvalue weighted by atomic mass is 10.2. The first-order valence-electron chi connectivity index (χ1n) is 10.8. The minimum atomic E-state index is 0. The Morgan fingerprint density at radius 3 is 0.720 bits per heavy atom. The van der Waals surface area contributed by atoms with Crippen LogP contribution in [0.2, 0.25) is 0 Å². The van der Waals surface area contributed by atoms with E-state index in [0.29, 0.717) is 0 Å². The molecular weight excluding hydrogens is 330 g/mol. The molecule has 4 heteroatoms. The molecule has 0 aliphatic rings. The molecule has 0 aromatic carbocycles. The first kappa shape index (κ1) is 32.8. The van der Waals surface area contributed by atoms with Gasteiger partial charge in [-0.05, 0) is 38.9 Å². The van der Waals surface area contributed by atoms with Gasteiger partial charge in [-0.1, -0.05) is 97.8 Å². The Morgan fingerprint density at radius 2 is 0.560 bits per heavy atom. The molecule has 0 heterocycles. The van der Waals surface area contributed by atoms with E-state index in [-0.39, 0.29) is 12.4 Å². The fourth-order valence-electron chi connectivity index (χ4n) is 2.24. The molecular formula is C21H52ClN3. The average Bonchev–Trinajstić information content (AvgIpc) is 2.61. The molecule has 0 amide bonds. The van der Waals surface area contributed by atoms with Crippen LogP contribution >= 0.6 is 12.4 Å². The highest BCUT2D eigenvalue weighted by Crippen LogP contribution is 2.01. The molecule has 6 N–H and O–H groups in total. The van der Waals surface area contributed by atoms with Gasteiger partial charge in [0.15, 0.2) is 0 Å². The van der Waals surface area contributed by atoms with Crippen molar-refractivity contribution in [2.24, 2.45) is 17.2 Å². The number of halogens is 1. The standard InChI is InChI=1S/3C7H17N.ClH/c3*1-2-3-4-5-6-7-8;/h3*2-8H2,1H3;1H. The van der Waals surface area contributed by atoms with Gasteiger partial charge in [-0.2, -0.15) is 0 Å². The lowest BCUT2D eigenvalue weighted by molar-refractivity contribution is 0.638. The molecule has 0 atom stereocenters. The predicted molar refractivity (Wildman–Crippen MR) is 121 cm³/mol. The van der Waals surface area contributed by atoms with E-state index in [9.17, 15) is 0 Å². The number of rotatable bonds is 15. The number of nitrogens with two attached hydrogens (primary N) is 3. The summed E-state index contributed by atoms with van der Waals surface area (Å²) in [7, 11) is 0. The second-order valence-corrected chi connectivity index (χ2v) is 6.61. The highest BCUT2D eigenvalue weighted by atomic mass is 35.5. The minimum Gasteiger partial charge on any atom is -0.330 e. The fraction of sp³-hybridized carbons (Fsp3) is 1.00. The Hall–Kier alpha value is 0.170. The summed E-state index contributed by atoms with van der Waals surface area (Å²) in [4.78, 5) is 0. The van der Waals surface area contributed by atoms with E-state index in [1.54, 1.807) is 0 Å². The number of hydrogen-bond acceptors (Lipinski definition) is 3. The molecule has 25 heavy (non-hydrogen) atoms. The average molecular weight is 382 g/mol. The van der Waals surface area contributed by atoms with Gasteiger partial charge >= 0.3 is 0 Å². The molecule has 0 saturated heterocycles. The maximum Gasteiger partial charge on any atom is -0.00773 e. The predicted octanol–water partition coefficient (Wildman–Crippen LogP) is 6.17. The van der Waals surface area contributed by atoms with Gasteiger partial charge in [-0.3, -0.25) is 0 Å². The van der Waals surface area contributed by atoms with Gasteiger partial charge < -0.3 is 17.2 Å². The summed E-state index contributed by atoms with van der Waals surface area (Å²) in [6.45, 7) is 9.27. The van der Waals surface area contributed by atoms with E-state index in [1.807, 2.05) is 0 Å². The molecule has 0 aromatic heterocycles. The Labute approximate surface area is 166 Å². The van der Waals surface area contributed by atoms with Crippen LogP contribution in [0.25, 0.3) is 0 Å². The van der Waals surface area contributed by atoms with Crippen LogP contribution in [-0.2, 0) is 0 Å². The zero-order chi connectivity index (χ0) is 18.7. The quantitative estimate of drug-likeness (QED) is 0.297. The lowest BCUT2D eigenvalue weighted by Gasteiger charge is -1.93. The van der Waals surface area contributed by atoms with E-state index in [4.69, 9.17) is 17.2 Å². The van der Waals surface area contributed by atoms with Crippen LogP contribution in [0.1, 0.15) is 117 Å². The minimum absolute atomic E-state index is 0. The molecule has 158 valence electrons. The van der Waals surface area contributed by atoms with Crippen molar-refractivity contribution in [2.45, 2.75) is 117 Å². The van der Waals surface area contributed by atoms with Crippen LogP contribution in [0.3, 0.4) is 0 Å². The second kappa shape index (κ2) is 39.3. The van der Waals surface area contributed by atoms with Gasteiger partial charge in [0, 0.05) is 0 Å². The first-order valence-corrected chi connectivity index (χ1v) is 10.8. The number of unbranched alkanes of at least 4 members (excludes halogenated alkanes) is 12. The van der Waals surface area contributed by atoms with Crippen molar-refractivity contribution in [2.75, 3.05) is 19.6 Å². The van der Waals surface area contributed by atoms with Crippen LogP contribution in [0.15, 0.2) is 0 Å². The van der Waals surface area contributed by atoms with Gasteiger partial charge in [0.05, 0.1) is 0 Å². The third-order valence-corrected chi connectivity index (χ3v) is 3.92. The third kappa shape index (κ3) is 51.6. The lowest BCUT2D eigenvalue weighted by Crippen LogP contribution is -1.97. The Morgan fingerprint density at radius 1 is 0.360 bits per heavy atom. The summed E-state index contributed by atoms with van der Waals surface area (Å²) in [5, 5.41) is 0. The third-order valence-electron chi connectivity index (χ3n) is 3.92. The smallest absolute Gasteiger partial charge is 0.00773 e. The van der Waals surface area contributed by atoms with Gasteiger partial charge in [0.25, 0.3) is 0 Å². The van der Waals surface area contributed by atoms with E-state index in [2.05, 4.69) is 20.8 Å². The van der Waals surface area contributed by atoms with E-state index in [0.717, 1.165) is 19.6 Å². The van der Waals surface area contributed by atoms with Crippen molar-refractivity contribution in [3.8, 4) is 0 Å². The van der Waals surface area contributed by atoms with Crippen molar-refractivity contribution < 1.29 is 0 Å². The van der Waals surface area contributed by atoms with Crippen LogP contribution in [0.5, 0.6) is 0 Å². The molecule has 0 aliphatic heterocycles. The van der Waals surface area contributed by atoms with Crippen molar-refractivity contribution >= 4 is 12.4 Å². The SMILES string of the molecule is CCCCCCCN.CCCCCCCN.CCCCCCCN.Cl. The van der Waals surface area contributed by atoms with Crippen LogP contribution in [0.4, 0.5) is 0 Å². The van der Waals surface area contributed by atoms with Gasteiger partial charge in [0.1, 0.15) is 0 Å². The maximum absolute atomic E-state index is 5.31. The molecule has 0 aromatic rings. The molecule has 3 nitrogen and oxygen atoms in total. The highest BCUT2D eigenvalue weighted by molar-refractivity contribution is 5.85. The second-order valence-electron chi connectivity index (χ2n) is 6.61. The molecule has 0 unspecified atom stereocenters. The van der Waals surface area contributed by atoms with Gasteiger partial charge in [-0.15, -0.1) is 12.4 Å². The topological polar surface area (TPSA) is 78.1 Å². The molecule has 0 radical (unpaired) electrons. The normalized spacial score (nSPS) is 9.36. The van der Waals surface area contributed by atoms with E-state index >= 15 is 0 Å². The van der Waals surface area contributed by atoms with Crippen molar-refractivity contribution in [3.63, 3.8) is 0 Å². The Kier molecular flexibility index (Phi) is 51.6. The van der Waals surface area contributed by atoms with Gasteiger partial charge in [-0.25, -0.2) is 0 Å². The fourth-order valence-corrected chi connectivity index (χ4v) is 2.24. The van der Waals surface area contributed by atoms with Gasteiger partial charge in [0.2, 0.25) is 0 Å². The zero-order valence-corrected chi connectivity index (χ0v) is 18.7. The van der Waals surface area contributed by atoms with Crippen LogP contribution in [-0.4, -0.2) is 19.6 Å². The number of hydrogen-bond donors (Lipinski definition) is 3. The van der Waals surface area contributed by atoms with Crippen molar-refractivity contribution in [1.82, 2.24) is 0 Å². The summed E-state index contributed by atoms with van der Waals surface area (Å²) in [6.07, 6.45) is 19.8. The highest BCUT2D eigenvalue weighted by Gasteiger charge is 1.84. The summed E-state index contributed by atoms with van der Waals surface area (Å²) in [5.41, 5.74) is 15.9. The summed E-state index contributed by atoms with van der Waals surface area (Å²) < 4.78 is 0. The maximum atomic E-state index is 5.31. The zero-order valence-electron chi connectivity index (χ0n) is 17.9. The van der Waals surface area contributed by atoms with Crippen LogP contribution < -0.4 is 17.2 Å².